The molecule has 0 fully saturated rings. The third-order valence-electron chi connectivity index (χ3n) is 3.10. The number of hydrogen-bond acceptors (Lipinski definition) is 4. The summed E-state index contributed by atoms with van der Waals surface area (Å²) in [6.45, 7) is 3.54. The number of rotatable bonds is 9. The standard InChI is InChI=1S/C17H19F2NO4/c1-2-22-9-3-8-20-17(21)16-7-5-13(24-16)11-23-15-6-4-12(18)10-14(15)19/h4-7,10H,2-3,8-9,11H2,1H3,(H,20,21). The lowest BCUT2D eigenvalue weighted by Crippen LogP contribution is -2.24. The number of ether oxygens (including phenoxy) is 2. The topological polar surface area (TPSA) is 60.7 Å². The van der Waals surface area contributed by atoms with E-state index < -0.39 is 11.6 Å². The van der Waals surface area contributed by atoms with Crippen LogP contribution in [0.25, 0.3) is 0 Å². The summed E-state index contributed by atoms with van der Waals surface area (Å²) in [5, 5.41) is 2.71. The van der Waals surface area contributed by atoms with Gasteiger partial charge in [0.05, 0.1) is 0 Å². The average Bonchev–Trinajstić information content (AvgIpc) is 3.03. The van der Waals surface area contributed by atoms with Gasteiger partial charge >= 0.3 is 0 Å². The number of nitrogens with one attached hydrogen (secondary N) is 1. The molecular formula is C17H19F2NO4. The van der Waals surface area contributed by atoms with Crippen LogP contribution in [0.5, 0.6) is 5.75 Å². The molecule has 1 aromatic heterocycles. The van der Waals surface area contributed by atoms with Crippen LogP contribution in [0.1, 0.15) is 29.7 Å². The second-order valence-corrected chi connectivity index (χ2v) is 4.94. The zero-order valence-corrected chi connectivity index (χ0v) is 13.3. The molecule has 130 valence electrons. The summed E-state index contributed by atoms with van der Waals surface area (Å²) in [6.07, 6.45) is 0.708. The normalized spacial score (nSPS) is 10.6. The van der Waals surface area contributed by atoms with E-state index in [9.17, 15) is 13.6 Å². The molecule has 0 aliphatic rings. The van der Waals surface area contributed by atoms with E-state index in [1.54, 1.807) is 6.07 Å². The minimum Gasteiger partial charge on any atom is -0.483 e. The first-order valence-corrected chi connectivity index (χ1v) is 7.62. The highest BCUT2D eigenvalue weighted by atomic mass is 19.1. The Balaban J connectivity index is 1.81. The third-order valence-corrected chi connectivity index (χ3v) is 3.10. The molecule has 1 amide bonds. The summed E-state index contributed by atoms with van der Waals surface area (Å²) in [7, 11) is 0. The molecule has 0 saturated heterocycles. The van der Waals surface area contributed by atoms with Crippen molar-refractivity contribution in [2.45, 2.75) is 20.0 Å². The lowest BCUT2D eigenvalue weighted by molar-refractivity contribution is 0.0912. The van der Waals surface area contributed by atoms with E-state index in [1.807, 2.05) is 6.92 Å². The molecule has 24 heavy (non-hydrogen) atoms. The number of carbonyl (C=O) groups is 1. The fourth-order valence-corrected chi connectivity index (χ4v) is 1.93. The third kappa shape index (κ3) is 5.34. The van der Waals surface area contributed by atoms with Crippen LogP contribution in [0.3, 0.4) is 0 Å². The van der Waals surface area contributed by atoms with Gasteiger partial charge in [0.25, 0.3) is 5.91 Å². The second-order valence-electron chi connectivity index (χ2n) is 4.94. The molecule has 0 spiro atoms. The smallest absolute Gasteiger partial charge is 0.286 e. The van der Waals surface area contributed by atoms with E-state index in [-0.39, 0.29) is 24.0 Å². The van der Waals surface area contributed by atoms with Crippen molar-refractivity contribution in [3.8, 4) is 5.75 Å². The van der Waals surface area contributed by atoms with Crippen molar-refractivity contribution in [3.63, 3.8) is 0 Å². The highest BCUT2D eigenvalue weighted by Crippen LogP contribution is 2.19. The highest BCUT2D eigenvalue weighted by molar-refractivity contribution is 5.91. The molecule has 0 aliphatic carbocycles. The maximum Gasteiger partial charge on any atom is 0.286 e. The van der Waals surface area contributed by atoms with Gasteiger partial charge in [0.15, 0.2) is 17.3 Å². The second kappa shape index (κ2) is 9.02. The number of hydrogen-bond donors (Lipinski definition) is 1. The van der Waals surface area contributed by atoms with Crippen LogP contribution in [-0.2, 0) is 11.3 Å². The average molecular weight is 339 g/mol. The largest absolute Gasteiger partial charge is 0.483 e. The van der Waals surface area contributed by atoms with Gasteiger partial charge in [0.1, 0.15) is 18.2 Å². The molecule has 1 aromatic carbocycles. The maximum absolute atomic E-state index is 13.4. The number of amides is 1. The molecule has 5 nitrogen and oxygen atoms in total. The van der Waals surface area contributed by atoms with Crippen molar-refractivity contribution in [3.05, 3.63) is 53.5 Å². The Kier molecular flexibility index (Phi) is 6.74. The van der Waals surface area contributed by atoms with Gasteiger partial charge in [0, 0.05) is 25.8 Å². The van der Waals surface area contributed by atoms with Crippen LogP contribution in [0.15, 0.2) is 34.7 Å². The van der Waals surface area contributed by atoms with E-state index in [4.69, 9.17) is 13.9 Å². The molecule has 0 saturated carbocycles. The summed E-state index contributed by atoms with van der Waals surface area (Å²) < 4.78 is 42.0. The molecule has 7 heteroatoms. The van der Waals surface area contributed by atoms with E-state index in [0.29, 0.717) is 31.9 Å². The lowest BCUT2D eigenvalue weighted by atomic mass is 10.3. The van der Waals surface area contributed by atoms with Crippen molar-refractivity contribution in [2.24, 2.45) is 0 Å². The fourth-order valence-electron chi connectivity index (χ4n) is 1.93. The van der Waals surface area contributed by atoms with Crippen molar-refractivity contribution in [2.75, 3.05) is 19.8 Å². The zero-order chi connectivity index (χ0) is 17.4. The van der Waals surface area contributed by atoms with Crippen LogP contribution >= 0.6 is 0 Å². The Hall–Kier alpha value is -2.41. The Labute approximate surface area is 138 Å². The van der Waals surface area contributed by atoms with Gasteiger partial charge in [-0.15, -0.1) is 0 Å². The lowest BCUT2D eigenvalue weighted by Gasteiger charge is -2.05. The van der Waals surface area contributed by atoms with E-state index in [0.717, 1.165) is 12.1 Å². The van der Waals surface area contributed by atoms with Gasteiger partial charge in [-0.2, -0.15) is 0 Å². The predicted octanol–water partition coefficient (Wildman–Crippen LogP) is 3.29. The molecule has 1 heterocycles. The summed E-state index contributed by atoms with van der Waals surface area (Å²) in [5.74, 6) is -1.40. The summed E-state index contributed by atoms with van der Waals surface area (Å²) in [6, 6.07) is 6.11. The molecular weight excluding hydrogens is 320 g/mol. The highest BCUT2D eigenvalue weighted by Gasteiger charge is 2.12. The van der Waals surface area contributed by atoms with Crippen LogP contribution in [0.2, 0.25) is 0 Å². The van der Waals surface area contributed by atoms with E-state index in [1.165, 1.54) is 12.1 Å². The minimum atomic E-state index is -0.797. The molecule has 0 atom stereocenters. The quantitative estimate of drug-likeness (QED) is 0.712. The van der Waals surface area contributed by atoms with Crippen LogP contribution < -0.4 is 10.1 Å². The number of carbonyl (C=O) groups excluding carboxylic acids is 1. The first kappa shape index (κ1) is 17.9. The number of halogens is 2. The fraction of sp³-hybridized carbons (Fsp3) is 0.353. The Morgan fingerprint density at radius 2 is 2.08 bits per heavy atom. The molecule has 0 bridgehead atoms. The molecule has 0 aliphatic heterocycles. The van der Waals surface area contributed by atoms with Crippen molar-refractivity contribution < 1.29 is 27.5 Å². The van der Waals surface area contributed by atoms with Crippen molar-refractivity contribution in [1.82, 2.24) is 5.32 Å². The SMILES string of the molecule is CCOCCCNC(=O)c1ccc(COc2ccc(F)cc2F)o1. The summed E-state index contributed by atoms with van der Waals surface area (Å²) >= 11 is 0. The van der Waals surface area contributed by atoms with Gasteiger partial charge in [-0.3, -0.25) is 4.79 Å². The Bertz CT molecular complexity index is 672. The Morgan fingerprint density at radius 3 is 2.83 bits per heavy atom. The summed E-state index contributed by atoms with van der Waals surface area (Å²) in [5.41, 5.74) is 0. The molecule has 0 radical (unpaired) electrons. The number of furan rings is 1. The molecule has 1 N–H and O–H groups in total. The van der Waals surface area contributed by atoms with Crippen LogP contribution in [0, 0.1) is 11.6 Å². The predicted molar refractivity (Wildman–Crippen MR) is 82.8 cm³/mol. The molecule has 2 rings (SSSR count). The first-order chi connectivity index (χ1) is 11.6. The van der Waals surface area contributed by atoms with E-state index in [2.05, 4.69) is 5.32 Å². The maximum atomic E-state index is 13.4. The summed E-state index contributed by atoms with van der Waals surface area (Å²) in [4.78, 5) is 11.9. The van der Waals surface area contributed by atoms with Gasteiger partial charge in [-0.05, 0) is 37.6 Å². The van der Waals surface area contributed by atoms with Gasteiger partial charge in [-0.25, -0.2) is 8.78 Å². The van der Waals surface area contributed by atoms with Gasteiger partial charge < -0.3 is 19.2 Å². The monoisotopic (exact) mass is 339 g/mol. The number of benzene rings is 1. The van der Waals surface area contributed by atoms with Gasteiger partial charge in [0.2, 0.25) is 0 Å². The molecule has 2 aromatic rings. The van der Waals surface area contributed by atoms with Crippen LogP contribution in [-0.4, -0.2) is 25.7 Å². The Morgan fingerprint density at radius 1 is 1.25 bits per heavy atom. The molecule has 0 unspecified atom stereocenters. The van der Waals surface area contributed by atoms with E-state index >= 15 is 0 Å². The van der Waals surface area contributed by atoms with Crippen molar-refractivity contribution in [1.29, 1.82) is 0 Å². The first-order valence-electron chi connectivity index (χ1n) is 7.62. The van der Waals surface area contributed by atoms with Gasteiger partial charge in [-0.1, -0.05) is 0 Å². The van der Waals surface area contributed by atoms with Crippen molar-refractivity contribution >= 4 is 5.91 Å². The zero-order valence-electron chi connectivity index (χ0n) is 13.3. The minimum absolute atomic E-state index is 0.0693. The van der Waals surface area contributed by atoms with Crippen LogP contribution in [0.4, 0.5) is 8.78 Å².